The molecular formula is C24H28F3N5O3. The van der Waals surface area contributed by atoms with Gasteiger partial charge in [-0.1, -0.05) is 0 Å². The lowest BCUT2D eigenvalue weighted by Gasteiger charge is -2.41. The molecule has 0 spiro atoms. The van der Waals surface area contributed by atoms with Crippen LogP contribution in [-0.2, 0) is 6.54 Å². The van der Waals surface area contributed by atoms with E-state index in [0.717, 1.165) is 27.8 Å². The molecule has 188 valence electrons. The Balaban J connectivity index is 1.68. The number of pyridine rings is 1. The third-order valence-electron chi connectivity index (χ3n) is 6.50. The van der Waals surface area contributed by atoms with Crippen LogP contribution in [-0.4, -0.2) is 70.3 Å². The fraction of sp³-hybridized carbons (Fsp3) is 0.417. The summed E-state index contributed by atoms with van der Waals surface area (Å²) in [5.74, 6) is -0.585. The van der Waals surface area contributed by atoms with Gasteiger partial charge in [0.1, 0.15) is 17.1 Å². The number of rotatable bonds is 7. The highest BCUT2D eigenvalue weighted by molar-refractivity contribution is 5.92. The molecular weight excluding hydrogens is 463 g/mol. The van der Waals surface area contributed by atoms with Crippen molar-refractivity contribution in [1.82, 2.24) is 19.8 Å². The number of nitrogen functional groups attached to an aromatic ring is 1. The molecule has 11 heteroatoms. The number of fused-ring (bicyclic) bond motifs is 1. The van der Waals surface area contributed by atoms with Gasteiger partial charge in [-0.3, -0.25) is 9.80 Å². The van der Waals surface area contributed by atoms with Gasteiger partial charge in [0.15, 0.2) is 0 Å². The van der Waals surface area contributed by atoms with E-state index in [4.69, 9.17) is 10.5 Å². The quantitative estimate of drug-likeness (QED) is 0.459. The Morgan fingerprint density at radius 1 is 1.31 bits per heavy atom. The summed E-state index contributed by atoms with van der Waals surface area (Å²) >= 11 is 0. The number of aromatic carboxylic acids is 1. The lowest BCUT2D eigenvalue weighted by Crippen LogP contribution is -2.49. The number of aryl methyl sites for hydroxylation is 1. The summed E-state index contributed by atoms with van der Waals surface area (Å²) in [6.07, 6.45) is -3.28. The van der Waals surface area contributed by atoms with E-state index in [1.807, 2.05) is 25.3 Å². The molecule has 0 aliphatic carbocycles. The van der Waals surface area contributed by atoms with Crippen molar-refractivity contribution in [1.29, 1.82) is 0 Å². The van der Waals surface area contributed by atoms with Crippen LogP contribution in [0.4, 0.5) is 19.0 Å². The first-order valence-corrected chi connectivity index (χ1v) is 11.2. The Morgan fingerprint density at radius 3 is 2.74 bits per heavy atom. The number of aromatic amines is 1. The van der Waals surface area contributed by atoms with Crippen LogP contribution in [0.15, 0.2) is 30.5 Å². The third-order valence-corrected chi connectivity index (χ3v) is 6.50. The van der Waals surface area contributed by atoms with Crippen LogP contribution in [0.25, 0.3) is 10.9 Å². The lowest BCUT2D eigenvalue weighted by molar-refractivity contribution is -0.139. The molecule has 4 N–H and O–H groups in total. The molecule has 1 saturated heterocycles. The zero-order valence-electron chi connectivity index (χ0n) is 19.5. The molecule has 2 aromatic heterocycles. The van der Waals surface area contributed by atoms with Crippen LogP contribution in [0.5, 0.6) is 5.75 Å². The van der Waals surface area contributed by atoms with Crippen molar-refractivity contribution < 1.29 is 27.8 Å². The van der Waals surface area contributed by atoms with Crippen LogP contribution < -0.4 is 10.5 Å². The fourth-order valence-electron chi connectivity index (χ4n) is 4.68. The van der Waals surface area contributed by atoms with Gasteiger partial charge in [-0.05, 0) is 36.8 Å². The van der Waals surface area contributed by atoms with E-state index in [-0.39, 0.29) is 24.0 Å². The van der Waals surface area contributed by atoms with E-state index in [1.54, 1.807) is 18.1 Å². The van der Waals surface area contributed by atoms with Gasteiger partial charge in [-0.2, -0.15) is 13.2 Å². The lowest BCUT2D eigenvalue weighted by atomic mass is 10.0. The van der Waals surface area contributed by atoms with Crippen molar-refractivity contribution in [3.05, 3.63) is 52.8 Å². The summed E-state index contributed by atoms with van der Waals surface area (Å²) in [4.78, 5) is 22.9. The van der Waals surface area contributed by atoms with Gasteiger partial charge in [0.2, 0.25) is 0 Å². The van der Waals surface area contributed by atoms with E-state index >= 15 is 0 Å². The number of carboxylic acids is 1. The van der Waals surface area contributed by atoms with Crippen LogP contribution in [0, 0.1) is 6.92 Å². The Labute approximate surface area is 200 Å². The maximum Gasteiger partial charge on any atom is 0.390 e. The number of carboxylic acid groups (broad SMARTS) is 1. The van der Waals surface area contributed by atoms with E-state index in [1.165, 1.54) is 6.07 Å². The largest absolute Gasteiger partial charge is 0.496 e. The zero-order valence-corrected chi connectivity index (χ0v) is 19.5. The van der Waals surface area contributed by atoms with Gasteiger partial charge in [0.05, 0.1) is 25.3 Å². The smallest absolute Gasteiger partial charge is 0.390 e. The normalized spacial score (nSPS) is 17.7. The predicted octanol–water partition coefficient (Wildman–Crippen LogP) is 3.97. The van der Waals surface area contributed by atoms with E-state index < -0.39 is 18.6 Å². The molecule has 0 bridgehead atoms. The highest BCUT2D eigenvalue weighted by Gasteiger charge is 2.34. The number of nitrogens with two attached hydrogens (primary N) is 1. The number of halogens is 3. The molecule has 4 rings (SSSR count). The average molecular weight is 492 g/mol. The molecule has 1 fully saturated rings. The summed E-state index contributed by atoms with van der Waals surface area (Å²) in [6, 6.07) is 6.53. The molecule has 0 radical (unpaired) electrons. The zero-order chi connectivity index (χ0) is 25.3. The Kier molecular flexibility index (Phi) is 6.91. The Morgan fingerprint density at radius 2 is 2.09 bits per heavy atom. The van der Waals surface area contributed by atoms with E-state index in [2.05, 4.69) is 14.9 Å². The van der Waals surface area contributed by atoms with Gasteiger partial charge in [-0.15, -0.1) is 0 Å². The number of methoxy groups -OCH3 is 1. The number of aromatic nitrogens is 2. The van der Waals surface area contributed by atoms with Gasteiger partial charge < -0.3 is 20.6 Å². The van der Waals surface area contributed by atoms with Gasteiger partial charge in [0.25, 0.3) is 0 Å². The van der Waals surface area contributed by atoms with Crippen molar-refractivity contribution in [2.75, 3.05) is 39.0 Å². The molecule has 1 aliphatic rings. The second-order valence-electron chi connectivity index (χ2n) is 8.77. The molecule has 3 aromatic rings. The van der Waals surface area contributed by atoms with Crippen LogP contribution in [0.3, 0.4) is 0 Å². The summed E-state index contributed by atoms with van der Waals surface area (Å²) in [6.45, 7) is 3.60. The number of ether oxygens (including phenoxy) is 1. The van der Waals surface area contributed by atoms with Crippen molar-refractivity contribution in [3.63, 3.8) is 0 Å². The monoisotopic (exact) mass is 491 g/mol. The van der Waals surface area contributed by atoms with E-state index in [9.17, 15) is 23.1 Å². The first-order chi connectivity index (χ1) is 16.6. The molecule has 0 amide bonds. The van der Waals surface area contributed by atoms with Crippen molar-refractivity contribution in [2.24, 2.45) is 0 Å². The summed E-state index contributed by atoms with van der Waals surface area (Å²) in [5.41, 5.74) is 9.30. The second-order valence-corrected chi connectivity index (χ2v) is 8.77. The number of anilines is 1. The minimum Gasteiger partial charge on any atom is -0.496 e. The van der Waals surface area contributed by atoms with Gasteiger partial charge >= 0.3 is 12.1 Å². The van der Waals surface area contributed by atoms with Crippen molar-refractivity contribution in [2.45, 2.75) is 32.1 Å². The molecule has 8 nitrogen and oxygen atoms in total. The maximum absolute atomic E-state index is 12.9. The SMILES string of the molecule is COc1cc(C)c2[nH]ccc2c1CN1CCN(CCC(F)(F)F)C[C@@H]1c1ccc(C(=O)O)c(N)n1. The summed E-state index contributed by atoms with van der Waals surface area (Å²) in [5, 5.41) is 10.3. The Bertz CT molecular complexity index is 1230. The number of nitrogens with one attached hydrogen (secondary N) is 1. The first-order valence-electron chi connectivity index (χ1n) is 11.2. The van der Waals surface area contributed by atoms with Gasteiger partial charge in [0, 0.05) is 55.4 Å². The highest BCUT2D eigenvalue weighted by atomic mass is 19.4. The van der Waals surface area contributed by atoms with Crippen LogP contribution in [0.2, 0.25) is 0 Å². The maximum atomic E-state index is 12.9. The number of benzene rings is 1. The third kappa shape index (κ3) is 5.35. The first kappa shape index (κ1) is 24.8. The van der Waals surface area contributed by atoms with Crippen LogP contribution in [0.1, 0.15) is 39.6 Å². The standard InChI is InChI=1S/C24H28F3N5O3/c1-14-11-20(35-2)17(15-5-7-29-21(14)15)12-32-10-9-31(8-6-24(25,26)27)13-19(32)18-4-3-16(23(33)34)22(28)30-18/h3-5,7,11,19,29H,6,8-10,12-13H2,1-2H3,(H2,28,30)(H,33,34)/t19-/m1/s1. The molecule has 1 aromatic carbocycles. The average Bonchev–Trinajstić information content (AvgIpc) is 3.30. The van der Waals surface area contributed by atoms with E-state index in [0.29, 0.717) is 31.9 Å². The Hall–Kier alpha value is -3.31. The highest BCUT2D eigenvalue weighted by Crippen LogP contribution is 2.35. The second kappa shape index (κ2) is 9.74. The molecule has 3 heterocycles. The number of carbonyl (C=O) groups is 1. The molecule has 1 atom stereocenters. The van der Waals surface area contributed by atoms with Crippen LogP contribution >= 0.6 is 0 Å². The number of hydrogen-bond donors (Lipinski definition) is 3. The topological polar surface area (TPSA) is 108 Å². The molecule has 0 saturated carbocycles. The van der Waals surface area contributed by atoms with Crippen molar-refractivity contribution >= 4 is 22.7 Å². The molecule has 0 unspecified atom stereocenters. The number of piperazine rings is 1. The molecule has 1 aliphatic heterocycles. The summed E-state index contributed by atoms with van der Waals surface area (Å²) < 4.78 is 44.3. The number of alkyl halides is 3. The minimum absolute atomic E-state index is 0.112. The number of H-pyrrole nitrogens is 1. The molecule has 35 heavy (non-hydrogen) atoms. The summed E-state index contributed by atoms with van der Waals surface area (Å²) in [7, 11) is 1.61. The fourth-order valence-corrected chi connectivity index (χ4v) is 4.68. The van der Waals surface area contributed by atoms with Gasteiger partial charge in [-0.25, -0.2) is 9.78 Å². The number of nitrogens with zero attached hydrogens (tertiary/aromatic N) is 3. The minimum atomic E-state index is -4.24. The van der Waals surface area contributed by atoms with Crippen molar-refractivity contribution in [3.8, 4) is 5.75 Å². The predicted molar refractivity (Wildman–Crippen MR) is 125 cm³/mol. The number of hydrogen-bond acceptors (Lipinski definition) is 6.